The van der Waals surface area contributed by atoms with E-state index in [-0.39, 0.29) is 37.4 Å². The monoisotopic (exact) mass is 386 g/mol. The number of halogens is 1. The Labute approximate surface area is 163 Å². The smallest absolute Gasteiger partial charge is 0.253 e. The van der Waals surface area contributed by atoms with Gasteiger partial charge in [0.15, 0.2) is 0 Å². The van der Waals surface area contributed by atoms with Crippen LogP contribution < -0.4 is 10.1 Å². The molecule has 1 aromatic carbocycles. The second-order valence-electron chi connectivity index (χ2n) is 7.70. The van der Waals surface area contributed by atoms with Crippen LogP contribution in [0.3, 0.4) is 0 Å². The molecule has 2 aliphatic heterocycles. The molecule has 2 saturated heterocycles. The first-order chi connectivity index (χ1) is 13.5. The van der Waals surface area contributed by atoms with Crippen LogP contribution in [0.4, 0.5) is 4.39 Å². The van der Waals surface area contributed by atoms with Gasteiger partial charge in [-0.1, -0.05) is 0 Å². The predicted octanol–water partition coefficient (Wildman–Crippen LogP) is 0.818. The van der Waals surface area contributed by atoms with Gasteiger partial charge in [-0.25, -0.2) is 4.39 Å². The van der Waals surface area contributed by atoms with E-state index in [2.05, 4.69) is 5.32 Å². The van der Waals surface area contributed by atoms with Crippen LogP contribution >= 0.6 is 0 Å². The van der Waals surface area contributed by atoms with E-state index in [1.54, 1.807) is 31.4 Å². The summed E-state index contributed by atoms with van der Waals surface area (Å²) in [5.74, 6) is 1.17. The molecule has 3 unspecified atom stereocenters. The lowest BCUT2D eigenvalue weighted by atomic mass is 10.2. The molecule has 2 heterocycles. The van der Waals surface area contributed by atoms with Gasteiger partial charge in [0.2, 0.25) is 5.91 Å². The molecule has 1 N–H and O–H groups in total. The Morgan fingerprint density at radius 2 is 1.93 bits per heavy atom. The molecule has 8 heteroatoms. The highest BCUT2D eigenvalue weighted by molar-refractivity contribution is 5.94. The molecule has 2 amide bonds. The number of hydrogen-bond acceptors (Lipinski definition) is 5. The largest absolute Gasteiger partial charge is 0.497 e. The van der Waals surface area contributed by atoms with Crippen LogP contribution in [-0.4, -0.2) is 73.2 Å². The number of fused-ring (bicyclic) bond motifs is 1. The number of nitrogens with zero attached hydrogens (tertiary/aromatic N) is 3. The van der Waals surface area contributed by atoms with Crippen LogP contribution in [0.2, 0.25) is 0 Å². The van der Waals surface area contributed by atoms with Gasteiger partial charge in [0.05, 0.1) is 26.3 Å². The number of likely N-dealkylation sites (tertiary alicyclic amines) is 2. The van der Waals surface area contributed by atoms with Crippen LogP contribution in [0.15, 0.2) is 24.3 Å². The number of alkyl halides is 1. The van der Waals surface area contributed by atoms with Crippen LogP contribution in [0.5, 0.6) is 5.75 Å². The van der Waals surface area contributed by atoms with Crippen molar-refractivity contribution < 1.29 is 18.7 Å². The zero-order valence-electron chi connectivity index (χ0n) is 15.7. The zero-order valence-corrected chi connectivity index (χ0v) is 15.7. The Kier molecular flexibility index (Phi) is 4.94. The third-order valence-electron chi connectivity index (χ3n) is 6.03. The summed E-state index contributed by atoms with van der Waals surface area (Å²) in [6.07, 6.45) is -1.02. The number of carbonyl (C=O) groups is 2. The number of carbonyl (C=O) groups excluding carboxylic acids is 2. The van der Waals surface area contributed by atoms with Crippen molar-refractivity contribution in [2.75, 3.05) is 33.3 Å². The number of rotatable bonds is 5. The standard InChI is InChI=1S/C20H23FN4O3/c1-28-15-4-2-12(3-5-15)20(27)24-10-16-17(11-24)19(16)23-8-18(26)25-9-13(21)6-14(25)7-22/h2-5,13-14,16-17,19,23H,6,8-11H2,1H3/t13?,14-,16?,17?,19?/m0/s1. The molecular weight excluding hydrogens is 363 g/mol. The molecule has 28 heavy (non-hydrogen) atoms. The number of amides is 2. The maximum Gasteiger partial charge on any atom is 0.253 e. The van der Waals surface area contributed by atoms with Gasteiger partial charge in [-0.15, -0.1) is 0 Å². The summed E-state index contributed by atoms with van der Waals surface area (Å²) in [7, 11) is 1.59. The van der Waals surface area contributed by atoms with Crippen LogP contribution in [0.1, 0.15) is 16.8 Å². The van der Waals surface area contributed by atoms with Gasteiger partial charge >= 0.3 is 0 Å². The van der Waals surface area contributed by atoms with Gasteiger partial charge in [-0.2, -0.15) is 5.26 Å². The molecule has 1 aliphatic carbocycles. The maximum atomic E-state index is 13.5. The van der Waals surface area contributed by atoms with Crippen molar-refractivity contribution in [3.8, 4) is 11.8 Å². The second kappa shape index (κ2) is 7.40. The summed E-state index contributed by atoms with van der Waals surface area (Å²) in [6.45, 7) is 1.44. The third kappa shape index (κ3) is 3.42. The average Bonchev–Trinajstić information content (AvgIpc) is 3.04. The van der Waals surface area contributed by atoms with E-state index in [0.717, 1.165) is 0 Å². The fourth-order valence-corrected chi connectivity index (χ4v) is 4.40. The number of nitriles is 1. The van der Waals surface area contributed by atoms with Gasteiger partial charge in [0, 0.05) is 31.1 Å². The van der Waals surface area contributed by atoms with Crippen molar-refractivity contribution >= 4 is 11.8 Å². The lowest BCUT2D eigenvalue weighted by molar-refractivity contribution is -0.130. The van der Waals surface area contributed by atoms with Gasteiger partial charge in [-0.3, -0.25) is 9.59 Å². The first kappa shape index (κ1) is 18.7. The first-order valence-corrected chi connectivity index (χ1v) is 9.51. The number of nitrogens with one attached hydrogen (secondary N) is 1. The molecule has 1 aromatic rings. The van der Waals surface area contributed by atoms with E-state index in [4.69, 9.17) is 10.00 Å². The summed E-state index contributed by atoms with van der Waals surface area (Å²) < 4.78 is 18.6. The normalized spacial score (nSPS) is 30.7. The second-order valence-corrected chi connectivity index (χ2v) is 7.70. The Hall–Kier alpha value is -2.66. The molecule has 148 valence electrons. The summed E-state index contributed by atoms with van der Waals surface area (Å²) in [4.78, 5) is 28.1. The Bertz CT molecular complexity index is 797. The number of hydrogen-bond donors (Lipinski definition) is 1. The minimum atomic E-state index is -1.12. The summed E-state index contributed by atoms with van der Waals surface area (Å²) in [5, 5.41) is 12.3. The lowest BCUT2D eigenvalue weighted by Crippen LogP contribution is -2.43. The van der Waals surface area contributed by atoms with Crippen molar-refractivity contribution in [3.63, 3.8) is 0 Å². The molecule has 3 fully saturated rings. The lowest BCUT2D eigenvalue weighted by Gasteiger charge is -2.22. The first-order valence-electron chi connectivity index (χ1n) is 9.51. The van der Waals surface area contributed by atoms with Crippen molar-refractivity contribution in [1.82, 2.24) is 15.1 Å². The van der Waals surface area contributed by atoms with Gasteiger partial charge in [0.1, 0.15) is 18.0 Å². The molecule has 4 rings (SSSR count). The van der Waals surface area contributed by atoms with E-state index in [1.165, 1.54) is 4.90 Å². The van der Waals surface area contributed by atoms with Crippen LogP contribution in [0.25, 0.3) is 0 Å². The Morgan fingerprint density at radius 3 is 2.54 bits per heavy atom. The number of ether oxygens (including phenoxy) is 1. The molecule has 1 saturated carbocycles. The van der Waals surface area contributed by atoms with Gasteiger partial charge in [0.25, 0.3) is 5.91 Å². The molecule has 0 bridgehead atoms. The van der Waals surface area contributed by atoms with Crippen molar-refractivity contribution in [3.05, 3.63) is 29.8 Å². The molecule has 0 aromatic heterocycles. The van der Waals surface area contributed by atoms with Gasteiger partial charge in [-0.05, 0) is 36.1 Å². The van der Waals surface area contributed by atoms with Gasteiger partial charge < -0.3 is 19.9 Å². The number of benzene rings is 1. The predicted molar refractivity (Wildman–Crippen MR) is 98.3 cm³/mol. The summed E-state index contributed by atoms with van der Waals surface area (Å²) in [5.41, 5.74) is 0.638. The molecule has 7 nitrogen and oxygen atoms in total. The zero-order chi connectivity index (χ0) is 19.8. The minimum Gasteiger partial charge on any atom is -0.497 e. The highest BCUT2D eigenvalue weighted by Crippen LogP contribution is 2.45. The molecule has 0 spiro atoms. The van der Waals surface area contributed by atoms with E-state index < -0.39 is 12.2 Å². The highest BCUT2D eigenvalue weighted by Gasteiger charge is 2.56. The Morgan fingerprint density at radius 1 is 1.25 bits per heavy atom. The summed E-state index contributed by atoms with van der Waals surface area (Å²) in [6, 6.07) is 8.60. The molecule has 3 aliphatic rings. The summed E-state index contributed by atoms with van der Waals surface area (Å²) >= 11 is 0. The van der Waals surface area contributed by atoms with Crippen molar-refractivity contribution in [2.45, 2.75) is 24.7 Å². The highest BCUT2D eigenvalue weighted by atomic mass is 19.1. The van der Waals surface area contributed by atoms with Crippen LogP contribution in [-0.2, 0) is 4.79 Å². The maximum absolute atomic E-state index is 13.5. The Balaban J connectivity index is 1.24. The van der Waals surface area contributed by atoms with Crippen LogP contribution in [0, 0.1) is 23.2 Å². The average molecular weight is 386 g/mol. The van der Waals surface area contributed by atoms with Crippen molar-refractivity contribution in [1.29, 1.82) is 5.26 Å². The molecule has 0 radical (unpaired) electrons. The fraction of sp³-hybridized carbons (Fsp3) is 0.550. The van der Waals surface area contributed by atoms with E-state index in [1.807, 2.05) is 11.0 Å². The number of piperidine rings is 1. The topological polar surface area (TPSA) is 85.7 Å². The molecule has 4 atom stereocenters. The fourth-order valence-electron chi connectivity index (χ4n) is 4.40. The quantitative estimate of drug-likeness (QED) is 0.810. The number of methoxy groups -OCH3 is 1. The van der Waals surface area contributed by atoms with E-state index in [0.29, 0.717) is 36.2 Å². The molecular formula is C20H23FN4O3. The van der Waals surface area contributed by atoms with Crippen molar-refractivity contribution in [2.24, 2.45) is 11.8 Å². The SMILES string of the molecule is COc1ccc(C(=O)N2CC3C(C2)C3NCC(=O)N2CC(F)C[C@H]2C#N)cc1. The minimum absolute atomic E-state index is 0.000401. The van der Waals surface area contributed by atoms with E-state index in [9.17, 15) is 14.0 Å². The third-order valence-corrected chi connectivity index (χ3v) is 6.03. The van der Waals surface area contributed by atoms with E-state index >= 15 is 0 Å².